The Morgan fingerprint density at radius 3 is 2.17 bits per heavy atom. The topological polar surface area (TPSA) is 29.3 Å². The lowest BCUT2D eigenvalue weighted by Crippen LogP contribution is -2.33. The number of thiocarbonyl (C=S) groups is 1. The van der Waals surface area contributed by atoms with Crippen LogP contribution in [0.15, 0.2) is 18.2 Å². The summed E-state index contributed by atoms with van der Waals surface area (Å²) in [4.78, 5) is 2.86. The Bertz CT molecular complexity index is 418. The molecule has 2 nitrogen and oxygen atoms in total. The van der Waals surface area contributed by atoms with Gasteiger partial charge in [-0.2, -0.15) is 0 Å². The zero-order valence-electron chi connectivity index (χ0n) is 12.1. The Morgan fingerprint density at radius 2 is 1.72 bits per heavy atom. The molecule has 0 saturated carbocycles. The lowest BCUT2D eigenvalue weighted by Gasteiger charge is -2.28. The second kappa shape index (κ2) is 5.70. The third kappa shape index (κ3) is 3.98. The lowest BCUT2D eigenvalue weighted by atomic mass is 9.89. The molecule has 2 N–H and O–H groups in total. The van der Waals surface area contributed by atoms with Gasteiger partial charge in [-0.15, -0.1) is 0 Å². The molecule has 1 rings (SSSR count). The Labute approximate surface area is 116 Å². The number of hydrogen-bond acceptors (Lipinski definition) is 2. The molecule has 0 aliphatic heterocycles. The average molecular weight is 264 g/mol. The maximum atomic E-state index is 5.76. The zero-order chi connectivity index (χ0) is 13.9. The predicted octanol–water partition coefficient (Wildman–Crippen LogP) is 3.44. The number of nitrogens with zero attached hydrogens (tertiary/aromatic N) is 1. The Balaban J connectivity index is 2.71. The van der Waals surface area contributed by atoms with Gasteiger partial charge in [0.05, 0.1) is 4.99 Å². The zero-order valence-corrected chi connectivity index (χ0v) is 12.9. The summed E-state index contributed by atoms with van der Waals surface area (Å²) >= 11 is 5.10. The molecule has 18 heavy (non-hydrogen) atoms. The standard InChI is InChI=1S/C15H24N2S/c1-11-8-12(2)10-13(9-11)17(5)7-6-15(3,4)14(16)18/h8-10H,6-7H2,1-5H3,(H2,16,18). The summed E-state index contributed by atoms with van der Waals surface area (Å²) in [7, 11) is 2.11. The predicted molar refractivity (Wildman–Crippen MR) is 84.4 cm³/mol. The molecule has 0 radical (unpaired) electrons. The van der Waals surface area contributed by atoms with Crippen molar-refractivity contribution in [2.45, 2.75) is 34.1 Å². The van der Waals surface area contributed by atoms with E-state index in [4.69, 9.17) is 18.0 Å². The van der Waals surface area contributed by atoms with E-state index in [1.54, 1.807) is 0 Å². The van der Waals surface area contributed by atoms with Gasteiger partial charge in [-0.05, 0) is 43.5 Å². The number of rotatable bonds is 5. The molecule has 0 amide bonds. The Hall–Kier alpha value is -1.09. The number of nitrogens with two attached hydrogens (primary N) is 1. The summed E-state index contributed by atoms with van der Waals surface area (Å²) < 4.78 is 0. The maximum absolute atomic E-state index is 5.76. The van der Waals surface area contributed by atoms with Crippen LogP contribution < -0.4 is 10.6 Å². The molecular formula is C15H24N2S. The van der Waals surface area contributed by atoms with Crippen LogP contribution in [-0.4, -0.2) is 18.6 Å². The van der Waals surface area contributed by atoms with Crippen LogP contribution in [-0.2, 0) is 0 Å². The molecule has 0 fully saturated rings. The quantitative estimate of drug-likeness (QED) is 0.826. The molecule has 3 heteroatoms. The van der Waals surface area contributed by atoms with Gasteiger partial charge in [0, 0.05) is 24.7 Å². The van der Waals surface area contributed by atoms with Crippen LogP contribution in [0.25, 0.3) is 0 Å². The van der Waals surface area contributed by atoms with Gasteiger partial charge in [-0.3, -0.25) is 0 Å². The largest absolute Gasteiger partial charge is 0.393 e. The van der Waals surface area contributed by atoms with Crippen LogP contribution in [0.1, 0.15) is 31.4 Å². The summed E-state index contributed by atoms with van der Waals surface area (Å²) in [5.41, 5.74) is 9.52. The Morgan fingerprint density at radius 1 is 1.22 bits per heavy atom. The van der Waals surface area contributed by atoms with Gasteiger partial charge in [0.25, 0.3) is 0 Å². The van der Waals surface area contributed by atoms with Crippen molar-refractivity contribution < 1.29 is 0 Å². The van der Waals surface area contributed by atoms with Crippen LogP contribution >= 0.6 is 12.2 Å². The second-order valence-corrected chi connectivity index (χ2v) is 6.21. The molecule has 0 aliphatic carbocycles. The van der Waals surface area contributed by atoms with Crippen LogP contribution in [0, 0.1) is 19.3 Å². The molecule has 1 aromatic rings. The molecule has 1 aromatic carbocycles. The lowest BCUT2D eigenvalue weighted by molar-refractivity contribution is 0.481. The highest BCUT2D eigenvalue weighted by Crippen LogP contribution is 2.23. The highest BCUT2D eigenvalue weighted by atomic mass is 32.1. The first kappa shape index (κ1) is 15.0. The minimum absolute atomic E-state index is 0.0809. The normalized spacial score (nSPS) is 11.4. The van der Waals surface area contributed by atoms with Crippen molar-refractivity contribution >= 4 is 22.9 Å². The highest BCUT2D eigenvalue weighted by Gasteiger charge is 2.21. The Kier molecular flexibility index (Phi) is 4.74. The van der Waals surface area contributed by atoms with Gasteiger partial charge in [-0.25, -0.2) is 0 Å². The smallest absolute Gasteiger partial charge is 0.0785 e. The van der Waals surface area contributed by atoms with E-state index in [0.29, 0.717) is 4.99 Å². The first-order chi connectivity index (χ1) is 8.22. The third-order valence-corrected chi connectivity index (χ3v) is 3.94. The second-order valence-electron chi connectivity index (χ2n) is 5.77. The van der Waals surface area contributed by atoms with Crippen molar-refractivity contribution in [2.24, 2.45) is 11.1 Å². The van der Waals surface area contributed by atoms with E-state index in [1.807, 2.05) is 0 Å². The van der Waals surface area contributed by atoms with Gasteiger partial charge in [0.15, 0.2) is 0 Å². The molecule has 0 heterocycles. The molecular weight excluding hydrogens is 240 g/mol. The van der Waals surface area contributed by atoms with Crippen molar-refractivity contribution in [1.82, 2.24) is 0 Å². The van der Waals surface area contributed by atoms with Crippen molar-refractivity contribution in [3.8, 4) is 0 Å². The third-order valence-electron chi connectivity index (χ3n) is 3.39. The van der Waals surface area contributed by atoms with E-state index in [2.05, 4.69) is 57.8 Å². The number of hydrogen-bond donors (Lipinski definition) is 1. The molecule has 0 unspecified atom stereocenters. The van der Waals surface area contributed by atoms with Crippen LogP contribution in [0.2, 0.25) is 0 Å². The molecule has 100 valence electrons. The summed E-state index contributed by atoms with van der Waals surface area (Å²) in [6, 6.07) is 6.61. The van der Waals surface area contributed by atoms with E-state index < -0.39 is 0 Å². The summed E-state index contributed by atoms with van der Waals surface area (Å²) in [6.07, 6.45) is 0.964. The van der Waals surface area contributed by atoms with Crippen LogP contribution in [0.5, 0.6) is 0 Å². The number of anilines is 1. The molecule has 0 aromatic heterocycles. The first-order valence-corrected chi connectivity index (χ1v) is 6.72. The van der Waals surface area contributed by atoms with E-state index in [1.165, 1.54) is 16.8 Å². The van der Waals surface area contributed by atoms with Crippen molar-refractivity contribution in [2.75, 3.05) is 18.5 Å². The van der Waals surface area contributed by atoms with Crippen molar-refractivity contribution in [1.29, 1.82) is 0 Å². The van der Waals surface area contributed by atoms with Crippen LogP contribution in [0.4, 0.5) is 5.69 Å². The monoisotopic (exact) mass is 264 g/mol. The minimum Gasteiger partial charge on any atom is -0.393 e. The maximum Gasteiger partial charge on any atom is 0.0785 e. The summed E-state index contributed by atoms with van der Waals surface area (Å²) in [5.74, 6) is 0. The molecule has 0 atom stereocenters. The first-order valence-electron chi connectivity index (χ1n) is 6.32. The van der Waals surface area contributed by atoms with E-state index in [0.717, 1.165) is 13.0 Å². The van der Waals surface area contributed by atoms with Gasteiger partial charge >= 0.3 is 0 Å². The van der Waals surface area contributed by atoms with Crippen molar-refractivity contribution in [3.05, 3.63) is 29.3 Å². The van der Waals surface area contributed by atoms with Gasteiger partial charge in [0.2, 0.25) is 0 Å². The van der Waals surface area contributed by atoms with Crippen molar-refractivity contribution in [3.63, 3.8) is 0 Å². The molecule has 0 saturated heterocycles. The summed E-state index contributed by atoms with van der Waals surface area (Å²) in [5, 5.41) is 0. The average Bonchev–Trinajstić information content (AvgIpc) is 2.24. The molecule has 0 spiro atoms. The van der Waals surface area contributed by atoms with Crippen LogP contribution in [0.3, 0.4) is 0 Å². The number of benzene rings is 1. The van der Waals surface area contributed by atoms with Gasteiger partial charge in [-0.1, -0.05) is 32.1 Å². The van der Waals surface area contributed by atoms with Gasteiger partial charge < -0.3 is 10.6 Å². The number of aryl methyl sites for hydroxylation is 2. The minimum atomic E-state index is -0.0809. The fourth-order valence-electron chi connectivity index (χ4n) is 1.87. The molecule has 0 bridgehead atoms. The van der Waals surface area contributed by atoms with E-state index in [-0.39, 0.29) is 5.41 Å². The molecule has 0 aliphatic rings. The van der Waals surface area contributed by atoms with E-state index >= 15 is 0 Å². The fraction of sp³-hybridized carbons (Fsp3) is 0.533. The van der Waals surface area contributed by atoms with E-state index in [9.17, 15) is 0 Å². The fourth-order valence-corrected chi connectivity index (χ4v) is 1.97. The van der Waals surface area contributed by atoms with Gasteiger partial charge in [0.1, 0.15) is 0 Å². The summed E-state index contributed by atoms with van der Waals surface area (Å²) in [6.45, 7) is 9.41. The SMILES string of the molecule is Cc1cc(C)cc(N(C)CCC(C)(C)C(N)=S)c1. The highest BCUT2D eigenvalue weighted by molar-refractivity contribution is 7.80.